The van der Waals surface area contributed by atoms with Gasteiger partial charge in [0.2, 0.25) is 11.8 Å². The van der Waals surface area contributed by atoms with Crippen molar-refractivity contribution in [2.45, 2.75) is 38.8 Å². The highest BCUT2D eigenvalue weighted by Gasteiger charge is 2.29. The molecule has 1 saturated heterocycles. The number of allylic oxidation sites excluding steroid dienone is 1. The molecule has 200 valence electrons. The minimum absolute atomic E-state index is 0.0375. The minimum atomic E-state index is -0.488. The van der Waals surface area contributed by atoms with Gasteiger partial charge in [-0.1, -0.05) is 18.2 Å². The normalized spacial score (nSPS) is 18.7. The summed E-state index contributed by atoms with van der Waals surface area (Å²) in [7, 11) is 5.49. The number of aromatic nitrogens is 4. The van der Waals surface area contributed by atoms with Gasteiger partial charge in [0.05, 0.1) is 19.3 Å². The van der Waals surface area contributed by atoms with Crippen molar-refractivity contribution in [3.05, 3.63) is 70.7 Å². The van der Waals surface area contributed by atoms with Gasteiger partial charge in [0.1, 0.15) is 11.5 Å². The van der Waals surface area contributed by atoms with Crippen molar-refractivity contribution in [2.75, 3.05) is 39.1 Å². The molecule has 5 rings (SSSR count). The van der Waals surface area contributed by atoms with Crippen LogP contribution in [0.2, 0.25) is 0 Å². The molecule has 9 nitrogen and oxygen atoms in total. The molecule has 0 bridgehead atoms. The number of carbonyl (C=O) groups is 1. The minimum Gasteiger partial charge on any atom is -0.480 e. The number of aryl methyl sites for hydroxylation is 1. The maximum Gasteiger partial charge on any atom is 0.241 e. The number of halogens is 1. The lowest BCUT2D eigenvalue weighted by Gasteiger charge is -2.40. The molecule has 38 heavy (non-hydrogen) atoms. The van der Waals surface area contributed by atoms with Crippen LogP contribution in [0.1, 0.15) is 42.1 Å². The zero-order valence-electron chi connectivity index (χ0n) is 22.5. The Labute approximate surface area is 222 Å². The topological polar surface area (TPSA) is 88.4 Å². The summed E-state index contributed by atoms with van der Waals surface area (Å²) < 4.78 is 22.0. The first-order valence-corrected chi connectivity index (χ1v) is 12.9. The second kappa shape index (κ2) is 10.6. The van der Waals surface area contributed by atoms with Gasteiger partial charge in [-0.3, -0.25) is 14.4 Å². The maximum atomic E-state index is 15.0. The first-order chi connectivity index (χ1) is 18.2. The van der Waals surface area contributed by atoms with Crippen molar-refractivity contribution in [3.8, 4) is 5.88 Å². The highest BCUT2D eigenvalue weighted by atomic mass is 19.1. The summed E-state index contributed by atoms with van der Waals surface area (Å²) in [6.07, 6.45) is 5.96. The number of nitrogens with one attached hydrogen (secondary N) is 1. The third-order valence-electron chi connectivity index (χ3n) is 7.61. The molecule has 10 heteroatoms. The van der Waals surface area contributed by atoms with E-state index in [1.807, 2.05) is 44.4 Å². The number of hydrogen-bond donors (Lipinski definition) is 1. The molecule has 2 aliphatic rings. The van der Waals surface area contributed by atoms with Crippen molar-refractivity contribution in [1.82, 2.24) is 29.5 Å². The first-order valence-electron chi connectivity index (χ1n) is 12.9. The molecule has 0 unspecified atom stereocenters. The quantitative estimate of drug-likeness (QED) is 0.514. The van der Waals surface area contributed by atoms with Crippen molar-refractivity contribution in [1.29, 1.82) is 0 Å². The van der Waals surface area contributed by atoms with Crippen molar-refractivity contribution in [2.24, 2.45) is 7.05 Å². The first kappa shape index (κ1) is 26.0. The molecule has 3 heterocycles. The summed E-state index contributed by atoms with van der Waals surface area (Å²) in [4.78, 5) is 26.5. The average molecular weight is 520 g/mol. The summed E-state index contributed by atoms with van der Waals surface area (Å²) in [5, 5.41) is 7.40. The van der Waals surface area contributed by atoms with E-state index < -0.39 is 5.82 Å². The van der Waals surface area contributed by atoms with E-state index in [9.17, 15) is 9.18 Å². The Morgan fingerprint density at radius 1 is 1.29 bits per heavy atom. The van der Waals surface area contributed by atoms with Gasteiger partial charge in [-0.25, -0.2) is 14.4 Å². The molecular formula is C28H34FN7O2. The Hall–Kier alpha value is -3.63. The fraction of sp³-hybridized carbons (Fsp3) is 0.429. The lowest BCUT2D eigenvalue weighted by Crippen LogP contribution is -2.55. The van der Waals surface area contributed by atoms with E-state index >= 15 is 0 Å². The van der Waals surface area contributed by atoms with Crippen LogP contribution >= 0.6 is 0 Å². The Bertz CT molecular complexity index is 1390. The SMILES string of the molecule is COc1nn(C)cc1Cc1ncc(F)c(C2=CCc3c(NC(=O)[C@@H](C)N4CCN(C)[C@@H](C)C4)cccc32)n1. The van der Waals surface area contributed by atoms with Gasteiger partial charge in [-0.15, -0.1) is 5.10 Å². The lowest BCUT2D eigenvalue weighted by atomic mass is 10.0. The third-order valence-corrected chi connectivity index (χ3v) is 7.61. The van der Waals surface area contributed by atoms with E-state index in [1.54, 1.807) is 11.8 Å². The van der Waals surface area contributed by atoms with Gasteiger partial charge < -0.3 is 15.0 Å². The van der Waals surface area contributed by atoms with Crippen LogP contribution in [0.5, 0.6) is 5.88 Å². The van der Waals surface area contributed by atoms with Crippen molar-refractivity contribution in [3.63, 3.8) is 0 Å². The highest BCUT2D eigenvalue weighted by molar-refractivity contribution is 5.97. The van der Waals surface area contributed by atoms with Gasteiger partial charge in [0.15, 0.2) is 5.82 Å². The molecule has 1 fully saturated rings. The molecule has 0 radical (unpaired) electrons. The molecule has 2 atom stereocenters. The van der Waals surface area contributed by atoms with Crippen LogP contribution in [-0.2, 0) is 24.7 Å². The lowest BCUT2D eigenvalue weighted by molar-refractivity contribution is -0.121. The Kier molecular flexibility index (Phi) is 7.27. The van der Waals surface area contributed by atoms with E-state index in [1.165, 1.54) is 6.20 Å². The number of carbonyl (C=O) groups excluding carboxylic acids is 1. The molecule has 0 saturated carbocycles. The summed E-state index contributed by atoms with van der Waals surface area (Å²) >= 11 is 0. The summed E-state index contributed by atoms with van der Waals surface area (Å²) in [6, 6.07) is 5.89. The van der Waals surface area contributed by atoms with Crippen LogP contribution in [-0.4, -0.2) is 81.3 Å². The molecule has 2 aromatic heterocycles. The third kappa shape index (κ3) is 5.06. The number of likely N-dealkylation sites (N-methyl/N-ethyl adjacent to an activating group) is 1. The molecular weight excluding hydrogens is 485 g/mol. The van der Waals surface area contributed by atoms with Crippen molar-refractivity contribution >= 4 is 17.2 Å². The second-order valence-electron chi connectivity index (χ2n) is 10.1. The van der Waals surface area contributed by atoms with Crippen LogP contribution in [0.25, 0.3) is 5.57 Å². The summed E-state index contributed by atoms with van der Waals surface area (Å²) in [6.45, 7) is 6.78. The number of fused-ring (bicyclic) bond motifs is 1. The number of amides is 1. The number of benzene rings is 1. The molecule has 1 aliphatic carbocycles. The Morgan fingerprint density at radius 3 is 2.87 bits per heavy atom. The number of methoxy groups -OCH3 is 1. The molecule has 1 N–H and O–H groups in total. The molecule has 1 aliphatic heterocycles. The largest absolute Gasteiger partial charge is 0.480 e. The smallest absolute Gasteiger partial charge is 0.241 e. The van der Waals surface area contributed by atoms with Crippen LogP contribution in [0.4, 0.5) is 10.1 Å². The Balaban J connectivity index is 1.35. The second-order valence-corrected chi connectivity index (χ2v) is 10.1. The van der Waals surface area contributed by atoms with Gasteiger partial charge in [-0.05, 0) is 44.5 Å². The number of anilines is 1. The average Bonchev–Trinajstić information content (AvgIpc) is 3.49. The monoisotopic (exact) mass is 519 g/mol. The zero-order chi connectivity index (χ0) is 27.0. The number of nitrogens with zero attached hydrogens (tertiary/aromatic N) is 6. The predicted octanol–water partition coefficient (Wildman–Crippen LogP) is 2.90. The van der Waals surface area contributed by atoms with E-state index in [0.717, 1.165) is 42.0 Å². The number of piperazine rings is 1. The number of ether oxygens (including phenoxy) is 1. The molecule has 3 aromatic rings. The standard InChI is InChI=1S/C28H34FN7O2/c1-17-15-36(12-11-34(17)3)18(2)27(37)31-24-8-6-7-20-21(24)9-10-22(20)26-23(29)14-30-25(32-26)13-19-16-35(4)33-28(19)38-5/h6-8,10,14,16-18H,9,11-13,15H2,1-5H3,(H,31,37)/t17-,18+/m0/s1. The van der Waals surface area contributed by atoms with Gasteiger partial charge in [-0.2, -0.15) is 0 Å². The van der Waals surface area contributed by atoms with E-state index in [4.69, 9.17) is 4.74 Å². The summed E-state index contributed by atoms with van der Waals surface area (Å²) in [5.74, 6) is 0.442. The van der Waals surface area contributed by atoms with Crippen LogP contribution in [0.15, 0.2) is 36.7 Å². The van der Waals surface area contributed by atoms with E-state index in [2.05, 4.69) is 44.2 Å². The number of rotatable bonds is 7. The molecule has 0 spiro atoms. The summed E-state index contributed by atoms with van der Waals surface area (Å²) in [5.41, 5.74) is 4.36. The van der Waals surface area contributed by atoms with Crippen LogP contribution < -0.4 is 10.1 Å². The van der Waals surface area contributed by atoms with Crippen molar-refractivity contribution < 1.29 is 13.9 Å². The molecule has 1 amide bonds. The fourth-order valence-electron chi connectivity index (χ4n) is 5.20. The van der Waals surface area contributed by atoms with Crippen LogP contribution in [0.3, 0.4) is 0 Å². The number of hydrogen-bond acceptors (Lipinski definition) is 7. The van der Waals surface area contributed by atoms with E-state index in [0.29, 0.717) is 36.2 Å². The fourth-order valence-corrected chi connectivity index (χ4v) is 5.20. The Morgan fingerprint density at radius 2 is 2.11 bits per heavy atom. The van der Waals surface area contributed by atoms with Gasteiger partial charge in [0.25, 0.3) is 0 Å². The highest BCUT2D eigenvalue weighted by Crippen LogP contribution is 2.37. The van der Waals surface area contributed by atoms with E-state index in [-0.39, 0.29) is 17.6 Å². The maximum absolute atomic E-state index is 15.0. The zero-order valence-corrected chi connectivity index (χ0v) is 22.5. The van der Waals surface area contributed by atoms with Gasteiger partial charge in [0, 0.05) is 62.2 Å². The van der Waals surface area contributed by atoms with Crippen LogP contribution in [0, 0.1) is 5.82 Å². The van der Waals surface area contributed by atoms with Gasteiger partial charge >= 0.3 is 0 Å². The predicted molar refractivity (Wildman–Crippen MR) is 144 cm³/mol. The molecule has 1 aromatic carbocycles.